The Balaban J connectivity index is 1.78. The number of halogens is 2. The van der Waals surface area contributed by atoms with Gasteiger partial charge in [-0.1, -0.05) is 55.4 Å². The molecular weight excluding hydrogens is 676 g/mol. The second kappa shape index (κ2) is 15.9. The van der Waals surface area contributed by atoms with Gasteiger partial charge in [0.05, 0.1) is 19.5 Å². The summed E-state index contributed by atoms with van der Waals surface area (Å²) in [7, 11) is -2.11. The minimum Gasteiger partial charge on any atom is -0.379 e. The molecule has 0 aromatic carbocycles. The van der Waals surface area contributed by atoms with E-state index < -0.39 is 81.6 Å². The van der Waals surface area contributed by atoms with Gasteiger partial charge in [-0.3, -0.25) is 19.3 Å². The highest BCUT2D eigenvalue weighted by atomic mass is 32.2. The van der Waals surface area contributed by atoms with Crippen molar-refractivity contribution in [3.8, 4) is 0 Å². The molecule has 5 amide bonds. The summed E-state index contributed by atoms with van der Waals surface area (Å²) >= 11 is 0. The lowest BCUT2D eigenvalue weighted by Crippen LogP contribution is -2.62. The highest BCUT2D eigenvalue weighted by molar-refractivity contribution is 7.88. The van der Waals surface area contributed by atoms with Gasteiger partial charge < -0.3 is 30.9 Å². The average molecular weight is 736 g/mol. The number of carbonyl (C=O) groups excluding carboxylic acids is 4. The molecular formula is C33H59F2N7O7S. The second-order valence-corrected chi connectivity index (χ2v) is 18.8. The van der Waals surface area contributed by atoms with E-state index in [-0.39, 0.29) is 36.9 Å². The third-order valence-corrected chi connectivity index (χ3v) is 11.7. The number of ether oxygens (including phenoxy) is 1. The summed E-state index contributed by atoms with van der Waals surface area (Å²) in [6.07, 6.45) is -2.67. The number of fused-ring (bicyclic) bond motifs is 1. The fraction of sp³-hybridized carbons (Fsp3) is 0.879. The summed E-state index contributed by atoms with van der Waals surface area (Å²) in [5, 5.41) is 10.8. The molecule has 0 aromatic rings. The van der Waals surface area contributed by atoms with Gasteiger partial charge in [-0.05, 0) is 28.1 Å². The Bertz CT molecular complexity index is 1350. The normalized spacial score (nSPS) is 24.3. The van der Waals surface area contributed by atoms with Crippen molar-refractivity contribution in [3.05, 3.63) is 0 Å². The van der Waals surface area contributed by atoms with Gasteiger partial charge in [0.2, 0.25) is 34.2 Å². The number of rotatable bonds is 14. The number of piperidine rings is 1. The molecule has 2 saturated heterocycles. The number of nitrogens with zero attached hydrogens (tertiary/aromatic N) is 3. The molecule has 3 fully saturated rings. The molecule has 288 valence electrons. The number of carbonyl (C=O) groups is 4. The number of amides is 5. The molecule has 2 heterocycles. The van der Waals surface area contributed by atoms with Crippen molar-refractivity contribution in [2.75, 3.05) is 65.8 Å². The van der Waals surface area contributed by atoms with E-state index in [1.165, 1.54) is 11.9 Å². The number of hydrogen-bond donors (Lipinski definition) is 4. The Morgan fingerprint density at radius 2 is 1.58 bits per heavy atom. The van der Waals surface area contributed by atoms with Crippen molar-refractivity contribution in [3.63, 3.8) is 0 Å². The minimum absolute atomic E-state index is 0.00270. The smallest absolute Gasteiger partial charge is 0.315 e. The van der Waals surface area contributed by atoms with E-state index >= 15 is 0 Å². The van der Waals surface area contributed by atoms with Crippen molar-refractivity contribution in [1.82, 2.24) is 35.4 Å². The number of sulfonamides is 1. The topological polar surface area (TPSA) is 169 Å². The summed E-state index contributed by atoms with van der Waals surface area (Å²) in [5.41, 5.74) is -1.67. The van der Waals surface area contributed by atoms with Gasteiger partial charge in [0.15, 0.2) is 0 Å². The Kier molecular flexibility index (Phi) is 13.3. The predicted molar refractivity (Wildman–Crippen MR) is 185 cm³/mol. The molecule has 0 spiro atoms. The van der Waals surface area contributed by atoms with Crippen molar-refractivity contribution in [1.29, 1.82) is 0 Å². The van der Waals surface area contributed by atoms with Crippen LogP contribution < -0.4 is 21.3 Å². The summed E-state index contributed by atoms with van der Waals surface area (Å²) in [6.45, 7) is 18.3. The van der Waals surface area contributed by atoms with E-state index in [0.717, 1.165) is 10.6 Å². The van der Waals surface area contributed by atoms with Crippen LogP contribution in [0.2, 0.25) is 0 Å². The van der Waals surface area contributed by atoms with Crippen molar-refractivity contribution in [2.45, 2.75) is 92.4 Å². The first-order chi connectivity index (χ1) is 22.9. The van der Waals surface area contributed by atoms with Crippen LogP contribution in [0.15, 0.2) is 0 Å². The zero-order chi connectivity index (χ0) is 38.0. The SMILES string of the molecule is CN(C[C@@H](NC(=O)N[C@H](C(=O)N1C[C@H]2[C@@H]([C@H]1C(=O)N[C@@H](CC(F)F)C(=O)NCCN1CCOCC1)C2(C)C)C(C)(C)C)C(C)(C)C)S(C)(=O)=O. The summed E-state index contributed by atoms with van der Waals surface area (Å²) in [5.74, 6) is -2.25. The third kappa shape index (κ3) is 10.7. The molecule has 4 N–H and O–H groups in total. The summed E-state index contributed by atoms with van der Waals surface area (Å²) < 4.78 is 58.0. The van der Waals surface area contributed by atoms with Gasteiger partial charge in [-0.15, -0.1) is 0 Å². The largest absolute Gasteiger partial charge is 0.379 e. The van der Waals surface area contributed by atoms with Crippen LogP contribution in [-0.4, -0.2) is 143 Å². The molecule has 14 nitrogen and oxygen atoms in total. The van der Waals surface area contributed by atoms with Crippen molar-refractivity contribution >= 4 is 33.8 Å². The Morgan fingerprint density at radius 3 is 2.10 bits per heavy atom. The summed E-state index contributed by atoms with van der Waals surface area (Å²) in [6, 6.07) is -4.96. The van der Waals surface area contributed by atoms with E-state index in [1.807, 2.05) is 34.6 Å². The van der Waals surface area contributed by atoms with Gasteiger partial charge in [0.25, 0.3) is 0 Å². The molecule has 0 bridgehead atoms. The van der Waals surface area contributed by atoms with Crippen LogP contribution in [0, 0.1) is 28.1 Å². The average Bonchev–Trinajstić information content (AvgIpc) is 3.29. The molecule has 0 radical (unpaired) electrons. The van der Waals surface area contributed by atoms with Crippen LogP contribution in [0.5, 0.6) is 0 Å². The molecule has 3 rings (SSSR count). The maximum absolute atomic E-state index is 14.3. The number of likely N-dealkylation sites (tertiary alicyclic amines) is 1. The molecule has 1 saturated carbocycles. The molecule has 0 aromatic heterocycles. The van der Waals surface area contributed by atoms with Crippen LogP contribution in [0.25, 0.3) is 0 Å². The van der Waals surface area contributed by atoms with E-state index in [1.54, 1.807) is 20.8 Å². The minimum atomic E-state index is -3.53. The van der Waals surface area contributed by atoms with Crippen LogP contribution in [-0.2, 0) is 29.1 Å². The van der Waals surface area contributed by atoms with Crippen LogP contribution in [0.1, 0.15) is 61.8 Å². The lowest BCUT2D eigenvalue weighted by molar-refractivity contribution is -0.144. The highest BCUT2D eigenvalue weighted by Crippen LogP contribution is 2.65. The van der Waals surface area contributed by atoms with E-state index in [4.69, 9.17) is 4.74 Å². The van der Waals surface area contributed by atoms with Crippen molar-refractivity contribution < 1.29 is 41.1 Å². The first-order valence-corrected chi connectivity index (χ1v) is 19.2. The molecule has 3 aliphatic rings. The van der Waals surface area contributed by atoms with E-state index in [0.29, 0.717) is 32.8 Å². The van der Waals surface area contributed by atoms with Gasteiger partial charge >= 0.3 is 6.03 Å². The van der Waals surface area contributed by atoms with E-state index in [2.05, 4.69) is 26.2 Å². The molecule has 2 aliphatic heterocycles. The lowest BCUT2D eigenvalue weighted by Gasteiger charge is -2.39. The number of nitrogens with one attached hydrogen (secondary N) is 4. The zero-order valence-corrected chi connectivity index (χ0v) is 32.1. The predicted octanol–water partition coefficient (Wildman–Crippen LogP) is 1.08. The number of urea groups is 1. The zero-order valence-electron chi connectivity index (χ0n) is 31.3. The highest BCUT2D eigenvalue weighted by Gasteiger charge is 2.70. The third-order valence-electron chi connectivity index (χ3n) is 10.4. The van der Waals surface area contributed by atoms with Gasteiger partial charge in [-0.2, -0.15) is 0 Å². The Labute approximate surface area is 296 Å². The standard InChI is InChI=1S/C33H59F2N7O7S/c1-31(2,3)22(19-40(9)50(10,47)48)38-30(46)39-26(32(4,5)6)29(45)42-18-20-24(33(20,7)8)25(42)28(44)37-21(17-23(34)35)27(43)36-11-12-41-13-15-49-16-14-41/h20-26H,11-19H2,1-10H3,(H,36,43)(H,37,44)(H2,38,39,46)/t20-,21-,22+,24-,25-,26+/m0/s1. The number of morpholine rings is 1. The Morgan fingerprint density at radius 1 is 0.980 bits per heavy atom. The quantitative estimate of drug-likeness (QED) is 0.206. The number of alkyl halides is 2. The summed E-state index contributed by atoms with van der Waals surface area (Å²) in [4.78, 5) is 58.2. The van der Waals surface area contributed by atoms with E-state index in [9.17, 15) is 36.4 Å². The van der Waals surface area contributed by atoms with Gasteiger partial charge in [0.1, 0.15) is 18.1 Å². The van der Waals surface area contributed by atoms with Crippen molar-refractivity contribution in [2.24, 2.45) is 28.1 Å². The molecule has 17 heteroatoms. The van der Waals surface area contributed by atoms with Crippen LogP contribution in [0.4, 0.5) is 13.6 Å². The monoisotopic (exact) mass is 735 g/mol. The maximum Gasteiger partial charge on any atom is 0.315 e. The van der Waals surface area contributed by atoms with Crippen LogP contribution >= 0.6 is 0 Å². The van der Waals surface area contributed by atoms with Crippen LogP contribution in [0.3, 0.4) is 0 Å². The fourth-order valence-electron chi connectivity index (χ4n) is 6.84. The first-order valence-electron chi connectivity index (χ1n) is 17.3. The molecule has 0 unspecified atom stereocenters. The number of likely N-dealkylation sites (N-methyl/N-ethyl adjacent to an activating group) is 1. The molecule has 50 heavy (non-hydrogen) atoms. The lowest BCUT2D eigenvalue weighted by atomic mass is 9.85. The number of hydrogen-bond acceptors (Lipinski definition) is 8. The van der Waals surface area contributed by atoms with Gasteiger partial charge in [0, 0.05) is 58.8 Å². The van der Waals surface area contributed by atoms with Gasteiger partial charge in [-0.25, -0.2) is 26.3 Å². The molecule has 1 aliphatic carbocycles. The first kappa shape index (κ1) is 41.8. The Hall–Kier alpha value is -2.63. The maximum atomic E-state index is 14.3. The fourth-order valence-corrected chi connectivity index (χ4v) is 7.26. The molecule has 6 atom stereocenters. The second-order valence-electron chi connectivity index (χ2n) is 16.7.